The molecule has 104 valence electrons. The fourth-order valence-electron chi connectivity index (χ4n) is 2.18. The lowest BCUT2D eigenvalue weighted by molar-refractivity contribution is -0.0445. The molecule has 1 aromatic rings. The summed E-state index contributed by atoms with van der Waals surface area (Å²) in [5, 5.41) is 0. The van der Waals surface area contributed by atoms with E-state index in [1.807, 2.05) is 11.8 Å². The van der Waals surface area contributed by atoms with Crippen LogP contribution >= 0.6 is 0 Å². The van der Waals surface area contributed by atoms with Crippen molar-refractivity contribution in [3.8, 4) is 0 Å². The van der Waals surface area contributed by atoms with Crippen LogP contribution in [0.3, 0.4) is 0 Å². The Morgan fingerprint density at radius 2 is 2.42 bits per heavy atom. The Morgan fingerprint density at radius 3 is 3.00 bits per heavy atom. The first-order valence-electron chi connectivity index (χ1n) is 6.51. The van der Waals surface area contributed by atoms with Gasteiger partial charge in [-0.15, -0.1) is 0 Å². The van der Waals surface area contributed by atoms with Gasteiger partial charge in [0.25, 0.3) is 5.91 Å². The molecule has 6 nitrogen and oxygen atoms in total. The van der Waals surface area contributed by atoms with Crippen LogP contribution in [0.5, 0.6) is 0 Å². The summed E-state index contributed by atoms with van der Waals surface area (Å²) in [6.45, 7) is 5.22. The molecule has 0 saturated carbocycles. The van der Waals surface area contributed by atoms with E-state index in [0.717, 1.165) is 6.42 Å². The van der Waals surface area contributed by atoms with E-state index < -0.39 is 0 Å². The fraction of sp³-hybridized carbons (Fsp3) is 0.538. The number of nitrogen functional groups attached to an aromatic ring is 1. The van der Waals surface area contributed by atoms with Crippen molar-refractivity contribution in [1.82, 2.24) is 9.88 Å². The Balaban J connectivity index is 2.15. The van der Waals surface area contributed by atoms with Crippen LogP contribution in [0.25, 0.3) is 0 Å². The lowest BCUT2D eigenvalue weighted by Gasteiger charge is -2.38. The number of carbonyl (C=O) groups is 1. The van der Waals surface area contributed by atoms with Gasteiger partial charge in [-0.2, -0.15) is 0 Å². The molecule has 0 bridgehead atoms. The van der Waals surface area contributed by atoms with Crippen LogP contribution in [0.2, 0.25) is 0 Å². The molecular formula is C13H20N4O2. The zero-order valence-corrected chi connectivity index (χ0v) is 11.3. The number of hydrazine groups is 1. The molecule has 0 radical (unpaired) electrons. The maximum atomic E-state index is 12.5. The van der Waals surface area contributed by atoms with E-state index in [0.29, 0.717) is 24.5 Å². The van der Waals surface area contributed by atoms with E-state index in [9.17, 15) is 4.79 Å². The molecular weight excluding hydrogens is 244 g/mol. The third kappa shape index (κ3) is 3.02. The number of ether oxygens (including phenoxy) is 1. The monoisotopic (exact) mass is 264 g/mol. The number of anilines is 1. The molecule has 1 aliphatic heterocycles. The van der Waals surface area contributed by atoms with Crippen molar-refractivity contribution in [2.45, 2.75) is 32.4 Å². The number of carbonyl (C=O) groups excluding carboxylic acids is 1. The van der Waals surface area contributed by atoms with E-state index in [1.165, 1.54) is 0 Å². The minimum Gasteiger partial charge on any atom is -0.375 e. The second-order valence-electron chi connectivity index (χ2n) is 4.74. The summed E-state index contributed by atoms with van der Waals surface area (Å²) < 4.78 is 5.59. The van der Waals surface area contributed by atoms with Crippen molar-refractivity contribution >= 4 is 11.6 Å². The molecule has 0 spiro atoms. The molecule has 1 fully saturated rings. The second kappa shape index (κ2) is 5.99. The van der Waals surface area contributed by atoms with E-state index in [2.05, 4.69) is 17.3 Å². The molecule has 2 heterocycles. The maximum Gasteiger partial charge on any atom is 0.272 e. The number of amides is 1. The molecule has 0 aliphatic carbocycles. The first-order valence-corrected chi connectivity index (χ1v) is 6.51. The molecule has 0 aromatic carbocycles. The number of pyridine rings is 1. The maximum absolute atomic E-state index is 12.5. The molecule has 3 N–H and O–H groups in total. The smallest absolute Gasteiger partial charge is 0.272 e. The van der Waals surface area contributed by atoms with E-state index in [-0.39, 0.29) is 18.1 Å². The lowest BCUT2D eigenvalue weighted by Crippen LogP contribution is -2.51. The van der Waals surface area contributed by atoms with Crippen LogP contribution in [-0.2, 0) is 4.74 Å². The molecule has 1 aliphatic rings. The van der Waals surface area contributed by atoms with Gasteiger partial charge in [0.2, 0.25) is 0 Å². The zero-order valence-electron chi connectivity index (χ0n) is 11.3. The highest BCUT2D eigenvalue weighted by atomic mass is 16.5. The average molecular weight is 264 g/mol. The Morgan fingerprint density at radius 1 is 1.63 bits per heavy atom. The van der Waals surface area contributed by atoms with E-state index in [4.69, 9.17) is 10.6 Å². The molecule has 2 atom stereocenters. The summed E-state index contributed by atoms with van der Waals surface area (Å²) in [4.78, 5) is 18.5. The molecule has 6 heteroatoms. The number of hydrogen-bond donors (Lipinski definition) is 2. The highest BCUT2D eigenvalue weighted by Gasteiger charge is 2.30. The number of nitrogens with zero attached hydrogens (tertiary/aromatic N) is 2. The van der Waals surface area contributed by atoms with Gasteiger partial charge < -0.3 is 15.1 Å². The van der Waals surface area contributed by atoms with Crippen LogP contribution < -0.4 is 11.3 Å². The first-order chi connectivity index (χ1) is 9.15. The van der Waals surface area contributed by atoms with Gasteiger partial charge in [0, 0.05) is 6.54 Å². The summed E-state index contributed by atoms with van der Waals surface area (Å²) in [7, 11) is 0. The topological polar surface area (TPSA) is 80.5 Å². The second-order valence-corrected chi connectivity index (χ2v) is 4.74. The van der Waals surface area contributed by atoms with Crippen LogP contribution in [0, 0.1) is 0 Å². The third-order valence-electron chi connectivity index (χ3n) is 3.35. The van der Waals surface area contributed by atoms with Crippen LogP contribution in [-0.4, -0.2) is 41.1 Å². The van der Waals surface area contributed by atoms with E-state index >= 15 is 0 Å². The first kappa shape index (κ1) is 13.8. The minimum absolute atomic E-state index is 0.0504. The standard InChI is InChI=1S/C13H20N4O2/c1-3-11-8-19-9(2)7-17(11)13(18)12-5-4-10(16-14)6-15-12/h4-6,9,11,16H,3,7-8,14H2,1-2H3. The molecule has 2 rings (SSSR count). The summed E-state index contributed by atoms with van der Waals surface area (Å²) in [5.41, 5.74) is 3.61. The predicted octanol–water partition coefficient (Wildman–Crippen LogP) is 1.01. The van der Waals surface area contributed by atoms with Gasteiger partial charge in [0.1, 0.15) is 5.69 Å². The molecule has 1 amide bonds. The molecule has 19 heavy (non-hydrogen) atoms. The highest BCUT2D eigenvalue weighted by molar-refractivity contribution is 5.92. The summed E-state index contributed by atoms with van der Waals surface area (Å²) in [6, 6.07) is 3.55. The average Bonchev–Trinajstić information content (AvgIpc) is 2.46. The zero-order chi connectivity index (χ0) is 13.8. The highest BCUT2D eigenvalue weighted by Crippen LogP contribution is 2.17. The molecule has 1 saturated heterocycles. The normalized spacial score (nSPS) is 23.2. The number of hydrogen-bond acceptors (Lipinski definition) is 5. The van der Waals surface area contributed by atoms with Gasteiger partial charge in [0.15, 0.2) is 0 Å². The predicted molar refractivity (Wildman–Crippen MR) is 72.6 cm³/mol. The number of morpholine rings is 1. The largest absolute Gasteiger partial charge is 0.375 e. The summed E-state index contributed by atoms with van der Waals surface area (Å²) >= 11 is 0. The lowest BCUT2D eigenvalue weighted by atomic mass is 10.1. The van der Waals surface area contributed by atoms with Crippen LogP contribution in [0.4, 0.5) is 5.69 Å². The third-order valence-corrected chi connectivity index (χ3v) is 3.35. The number of nitrogens with two attached hydrogens (primary N) is 1. The fourth-order valence-corrected chi connectivity index (χ4v) is 2.18. The van der Waals surface area contributed by atoms with Gasteiger partial charge in [0.05, 0.1) is 30.6 Å². The van der Waals surface area contributed by atoms with Gasteiger partial charge in [-0.25, -0.2) is 4.98 Å². The Hall–Kier alpha value is -1.66. The minimum atomic E-state index is -0.0504. The number of rotatable bonds is 3. The van der Waals surface area contributed by atoms with Crippen molar-refractivity contribution in [2.75, 3.05) is 18.6 Å². The van der Waals surface area contributed by atoms with Gasteiger partial charge in [-0.05, 0) is 25.5 Å². The van der Waals surface area contributed by atoms with Crippen molar-refractivity contribution in [3.05, 3.63) is 24.0 Å². The Labute approximate surface area is 112 Å². The van der Waals surface area contributed by atoms with Crippen molar-refractivity contribution in [1.29, 1.82) is 0 Å². The van der Waals surface area contributed by atoms with Crippen LogP contribution in [0.15, 0.2) is 18.3 Å². The summed E-state index contributed by atoms with van der Waals surface area (Å²) in [6.07, 6.45) is 2.50. The van der Waals surface area contributed by atoms with Crippen molar-refractivity contribution in [2.24, 2.45) is 5.84 Å². The van der Waals surface area contributed by atoms with Gasteiger partial charge in [-0.1, -0.05) is 6.92 Å². The summed E-state index contributed by atoms with van der Waals surface area (Å²) in [5.74, 6) is 5.23. The van der Waals surface area contributed by atoms with Crippen molar-refractivity contribution < 1.29 is 9.53 Å². The SMILES string of the molecule is CCC1COC(C)CN1C(=O)c1ccc(NN)cn1. The quantitative estimate of drug-likeness (QED) is 0.629. The van der Waals surface area contributed by atoms with Gasteiger partial charge in [-0.3, -0.25) is 10.6 Å². The Kier molecular flexibility index (Phi) is 4.34. The van der Waals surface area contributed by atoms with Crippen molar-refractivity contribution in [3.63, 3.8) is 0 Å². The number of nitrogens with one attached hydrogen (secondary N) is 1. The Bertz CT molecular complexity index is 435. The molecule has 2 unspecified atom stereocenters. The van der Waals surface area contributed by atoms with Gasteiger partial charge >= 0.3 is 0 Å². The molecule has 1 aromatic heterocycles. The van der Waals surface area contributed by atoms with Crippen LogP contribution in [0.1, 0.15) is 30.8 Å². The van der Waals surface area contributed by atoms with E-state index in [1.54, 1.807) is 18.3 Å². The number of aromatic nitrogens is 1.